The molecule has 2 aliphatic rings. The van der Waals surface area contributed by atoms with Gasteiger partial charge >= 0.3 is 0 Å². The Labute approximate surface area is 213 Å². The molecule has 2 heterocycles. The zero-order valence-electron chi connectivity index (χ0n) is 21.3. The molecule has 1 aliphatic carbocycles. The molecular formula is C30H36N4O2. The van der Waals surface area contributed by atoms with E-state index in [1.807, 2.05) is 12.1 Å². The molecule has 1 amide bonds. The van der Waals surface area contributed by atoms with Gasteiger partial charge in [0.25, 0.3) is 0 Å². The van der Waals surface area contributed by atoms with Crippen LogP contribution in [0.3, 0.4) is 0 Å². The Morgan fingerprint density at radius 3 is 1.89 bits per heavy atom. The van der Waals surface area contributed by atoms with Crippen LogP contribution in [0.4, 0.5) is 0 Å². The fourth-order valence-corrected chi connectivity index (χ4v) is 5.32. The van der Waals surface area contributed by atoms with E-state index in [0.717, 1.165) is 56.0 Å². The number of hydrogen-bond donors (Lipinski definition) is 1. The van der Waals surface area contributed by atoms with Gasteiger partial charge in [-0.15, -0.1) is 0 Å². The zero-order valence-corrected chi connectivity index (χ0v) is 21.3. The monoisotopic (exact) mass is 484 g/mol. The van der Waals surface area contributed by atoms with Gasteiger partial charge in [0.2, 0.25) is 5.91 Å². The first-order valence-corrected chi connectivity index (χ1v) is 13.0. The maximum absolute atomic E-state index is 13.4. The molecule has 0 unspecified atom stereocenters. The van der Waals surface area contributed by atoms with E-state index in [1.54, 1.807) is 0 Å². The van der Waals surface area contributed by atoms with Crippen LogP contribution in [0.5, 0.6) is 0 Å². The van der Waals surface area contributed by atoms with E-state index in [9.17, 15) is 9.59 Å². The molecule has 2 fully saturated rings. The molecule has 1 N–H and O–H groups in total. The van der Waals surface area contributed by atoms with Gasteiger partial charge < -0.3 is 9.88 Å². The van der Waals surface area contributed by atoms with Crippen molar-refractivity contribution in [2.75, 3.05) is 39.3 Å². The maximum atomic E-state index is 13.4. The van der Waals surface area contributed by atoms with Crippen LogP contribution in [0.1, 0.15) is 51.8 Å². The first kappa shape index (κ1) is 24.5. The first-order valence-electron chi connectivity index (χ1n) is 13.0. The Balaban J connectivity index is 1.28. The van der Waals surface area contributed by atoms with Crippen molar-refractivity contribution in [2.45, 2.75) is 38.8 Å². The summed E-state index contributed by atoms with van der Waals surface area (Å²) in [6, 6.07) is 23.4. The third kappa shape index (κ3) is 5.61. The third-order valence-corrected chi connectivity index (χ3v) is 7.42. The van der Waals surface area contributed by atoms with Gasteiger partial charge in [0.15, 0.2) is 5.78 Å². The number of benzene rings is 2. The number of amides is 1. The summed E-state index contributed by atoms with van der Waals surface area (Å²) in [6.07, 6.45) is 2.22. The molecule has 2 aromatic carbocycles. The van der Waals surface area contributed by atoms with Crippen LogP contribution in [0.25, 0.3) is 0 Å². The number of ketones is 1. The van der Waals surface area contributed by atoms with E-state index in [-0.39, 0.29) is 17.7 Å². The van der Waals surface area contributed by atoms with Crippen LogP contribution >= 0.6 is 0 Å². The van der Waals surface area contributed by atoms with Crippen LogP contribution in [0.15, 0.2) is 66.7 Å². The molecule has 188 valence electrons. The summed E-state index contributed by atoms with van der Waals surface area (Å²) in [6.45, 7) is 8.26. The summed E-state index contributed by atoms with van der Waals surface area (Å²) in [4.78, 5) is 30.0. The Hall–Kier alpha value is -3.22. The second kappa shape index (κ2) is 10.8. The molecule has 0 spiro atoms. The quantitative estimate of drug-likeness (QED) is 0.469. The fourth-order valence-electron chi connectivity index (χ4n) is 5.32. The number of hydrogen-bond acceptors (Lipinski definition) is 4. The summed E-state index contributed by atoms with van der Waals surface area (Å²) in [5.74, 6) is 0.287. The van der Waals surface area contributed by atoms with E-state index in [2.05, 4.69) is 88.1 Å². The Kier molecular flexibility index (Phi) is 7.35. The van der Waals surface area contributed by atoms with Gasteiger partial charge in [-0.05, 0) is 43.9 Å². The minimum atomic E-state index is 0.0132. The molecule has 36 heavy (non-hydrogen) atoms. The van der Waals surface area contributed by atoms with Crippen molar-refractivity contribution in [3.63, 3.8) is 0 Å². The lowest BCUT2D eigenvalue weighted by atomic mass is 9.98. The smallest absolute Gasteiger partial charge is 0.234 e. The highest BCUT2D eigenvalue weighted by atomic mass is 16.2. The summed E-state index contributed by atoms with van der Waals surface area (Å²) in [5.41, 5.74) is 5.29. The predicted octanol–water partition coefficient (Wildman–Crippen LogP) is 3.82. The normalized spacial score (nSPS) is 16.9. The van der Waals surface area contributed by atoms with E-state index < -0.39 is 0 Å². The number of nitrogens with one attached hydrogen (secondary N) is 1. The number of carbonyl (C=O) groups is 2. The lowest BCUT2D eigenvalue weighted by Gasteiger charge is -2.33. The number of aromatic nitrogens is 1. The van der Waals surface area contributed by atoms with Crippen LogP contribution < -0.4 is 5.32 Å². The number of carbonyl (C=O) groups excluding carboxylic acids is 2. The van der Waals surface area contributed by atoms with E-state index >= 15 is 0 Å². The van der Waals surface area contributed by atoms with E-state index in [4.69, 9.17) is 0 Å². The topological polar surface area (TPSA) is 57.6 Å². The van der Waals surface area contributed by atoms with Crippen molar-refractivity contribution in [1.82, 2.24) is 19.7 Å². The van der Waals surface area contributed by atoms with Gasteiger partial charge in [0, 0.05) is 49.2 Å². The summed E-state index contributed by atoms with van der Waals surface area (Å²) < 4.78 is 2.30. The molecule has 6 nitrogen and oxygen atoms in total. The molecule has 1 aromatic heterocycles. The van der Waals surface area contributed by atoms with Crippen molar-refractivity contribution >= 4 is 11.7 Å². The van der Waals surface area contributed by atoms with Crippen LogP contribution in [-0.2, 0) is 4.79 Å². The summed E-state index contributed by atoms with van der Waals surface area (Å²) in [7, 11) is 0. The van der Waals surface area contributed by atoms with Crippen molar-refractivity contribution in [3.05, 3.63) is 94.8 Å². The number of nitrogens with zero attached hydrogens (tertiary/aromatic N) is 3. The maximum Gasteiger partial charge on any atom is 0.234 e. The number of Topliss-reactive ketones (excluding diaryl/α,β-unsaturated/α-hetero) is 1. The highest BCUT2D eigenvalue weighted by Crippen LogP contribution is 2.31. The van der Waals surface area contributed by atoms with E-state index in [0.29, 0.717) is 19.1 Å². The molecule has 1 aliphatic heterocycles. The second-order valence-electron chi connectivity index (χ2n) is 10.2. The minimum Gasteiger partial charge on any atom is -0.352 e. The van der Waals surface area contributed by atoms with Crippen LogP contribution in [-0.4, -0.2) is 71.4 Å². The van der Waals surface area contributed by atoms with Gasteiger partial charge in [-0.1, -0.05) is 60.7 Å². The fraction of sp³-hybridized carbons (Fsp3) is 0.400. The minimum absolute atomic E-state index is 0.0132. The number of rotatable bonds is 9. The molecule has 5 rings (SSSR count). The van der Waals surface area contributed by atoms with Crippen molar-refractivity contribution < 1.29 is 9.59 Å². The Bertz CT molecular complexity index is 1150. The summed E-state index contributed by atoms with van der Waals surface area (Å²) in [5, 5.41) is 3.06. The van der Waals surface area contributed by atoms with Gasteiger partial charge in [-0.2, -0.15) is 0 Å². The van der Waals surface area contributed by atoms with Crippen LogP contribution in [0.2, 0.25) is 0 Å². The summed E-state index contributed by atoms with van der Waals surface area (Å²) >= 11 is 0. The van der Waals surface area contributed by atoms with Crippen molar-refractivity contribution in [2.24, 2.45) is 0 Å². The largest absolute Gasteiger partial charge is 0.352 e. The Morgan fingerprint density at radius 2 is 1.36 bits per heavy atom. The molecular weight excluding hydrogens is 448 g/mol. The molecule has 6 heteroatoms. The zero-order chi connectivity index (χ0) is 25.1. The van der Waals surface area contributed by atoms with Gasteiger partial charge in [0.1, 0.15) is 0 Å². The molecule has 1 saturated heterocycles. The molecule has 1 saturated carbocycles. The lowest BCUT2D eigenvalue weighted by molar-refractivity contribution is -0.122. The highest BCUT2D eigenvalue weighted by molar-refractivity contribution is 5.99. The third-order valence-electron chi connectivity index (χ3n) is 7.42. The molecule has 0 atom stereocenters. The van der Waals surface area contributed by atoms with Crippen LogP contribution in [0, 0.1) is 13.8 Å². The van der Waals surface area contributed by atoms with Gasteiger partial charge in [-0.25, -0.2) is 0 Å². The highest BCUT2D eigenvalue weighted by Gasteiger charge is 2.27. The van der Waals surface area contributed by atoms with Crippen molar-refractivity contribution in [3.8, 4) is 0 Å². The standard InChI is InChI=1S/C30H36N4O2/c1-22-19-27(28(35)20-32-15-17-33(18-16-32)21-29(36)31-26-13-14-26)23(2)34(22)30(24-9-5-3-6-10-24)25-11-7-4-8-12-25/h3-12,19,26,30H,13-18,20-21H2,1-2H3,(H,31,36). The Morgan fingerprint density at radius 1 is 0.833 bits per heavy atom. The van der Waals surface area contributed by atoms with E-state index in [1.165, 1.54) is 11.1 Å². The second-order valence-corrected chi connectivity index (χ2v) is 10.2. The lowest BCUT2D eigenvalue weighted by Crippen LogP contribution is -2.50. The number of piperazine rings is 1. The van der Waals surface area contributed by atoms with Gasteiger partial charge in [-0.3, -0.25) is 19.4 Å². The van der Waals surface area contributed by atoms with Crippen molar-refractivity contribution in [1.29, 1.82) is 0 Å². The molecule has 0 bridgehead atoms. The van der Waals surface area contributed by atoms with Gasteiger partial charge in [0.05, 0.1) is 19.1 Å². The average Bonchev–Trinajstić information content (AvgIpc) is 3.66. The SMILES string of the molecule is Cc1cc(C(=O)CN2CCN(CC(=O)NC3CC3)CC2)c(C)n1C(c1ccccc1)c1ccccc1. The average molecular weight is 485 g/mol. The molecule has 3 aromatic rings. The first-order chi connectivity index (χ1) is 17.5. The number of aryl methyl sites for hydroxylation is 1. The molecule has 0 radical (unpaired) electrons. The predicted molar refractivity (Wildman–Crippen MR) is 142 cm³/mol.